The second-order valence-electron chi connectivity index (χ2n) is 4.37. The van der Waals surface area contributed by atoms with Crippen LogP contribution >= 0.6 is 0 Å². The highest BCUT2D eigenvalue weighted by Gasteiger charge is 2.22. The third-order valence-electron chi connectivity index (χ3n) is 3.25. The maximum atomic E-state index is 5.78. The molecule has 1 saturated heterocycles. The molecule has 1 aromatic heterocycles. The molecule has 1 fully saturated rings. The van der Waals surface area contributed by atoms with Crippen molar-refractivity contribution in [2.45, 2.75) is 44.8 Å². The first-order valence-corrected chi connectivity index (χ1v) is 6.21. The highest BCUT2D eigenvalue weighted by molar-refractivity contribution is 5.11. The van der Waals surface area contributed by atoms with Gasteiger partial charge in [-0.25, -0.2) is 0 Å². The fraction of sp³-hybridized carbons (Fsp3) is 0.692. The number of aryl methyl sites for hydroxylation is 1. The zero-order chi connectivity index (χ0) is 11.4. The van der Waals surface area contributed by atoms with Crippen molar-refractivity contribution in [2.24, 2.45) is 0 Å². The fourth-order valence-corrected chi connectivity index (χ4v) is 2.24. The summed E-state index contributed by atoms with van der Waals surface area (Å²) in [5.41, 5.74) is 0. The lowest BCUT2D eigenvalue weighted by atomic mass is 10.1. The van der Waals surface area contributed by atoms with Gasteiger partial charge in [-0.05, 0) is 38.4 Å². The predicted molar refractivity (Wildman–Crippen MR) is 63.5 cm³/mol. The second-order valence-corrected chi connectivity index (χ2v) is 4.37. The van der Waals surface area contributed by atoms with E-state index in [-0.39, 0.29) is 6.04 Å². The predicted octanol–water partition coefficient (Wildman–Crippen LogP) is 2.67. The zero-order valence-corrected chi connectivity index (χ0v) is 10.2. The zero-order valence-electron chi connectivity index (χ0n) is 10.2. The average molecular weight is 223 g/mol. The first kappa shape index (κ1) is 11.7. The van der Waals surface area contributed by atoms with Crippen molar-refractivity contribution in [3.05, 3.63) is 23.7 Å². The van der Waals surface area contributed by atoms with Crippen LogP contribution in [0.5, 0.6) is 0 Å². The van der Waals surface area contributed by atoms with Gasteiger partial charge in [0.05, 0.1) is 12.1 Å². The van der Waals surface area contributed by atoms with E-state index in [9.17, 15) is 0 Å². The maximum Gasteiger partial charge on any atom is 0.121 e. The third-order valence-corrected chi connectivity index (χ3v) is 3.25. The highest BCUT2D eigenvalue weighted by atomic mass is 16.5. The van der Waals surface area contributed by atoms with E-state index in [0.29, 0.717) is 6.10 Å². The van der Waals surface area contributed by atoms with Gasteiger partial charge in [0.25, 0.3) is 0 Å². The molecule has 0 spiro atoms. The maximum absolute atomic E-state index is 5.78. The third kappa shape index (κ3) is 2.66. The number of rotatable bonds is 5. The van der Waals surface area contributed by atoms with E-state index < -0.39 is 0 Å². The van der Waals surface area contributed by atoms with Gasteiger partial charge in [-0.15, -0.1) is 0 Å². The van der Waals surface area contributed by atoms with Crippen molar-refractivity contribution in [3.8, 4) is 0 Å². The quantitative estimate of drug-likeness (QED) is 0.833. The van der Waals surface area contributed by atoms with E-state index in [1.807, 2.05) is 7.05 Å². The van der Waals surface area contributed by atoms with E-state index in [2.05, 4.69) is 24.4 Å². The van der Waals surface area contributed by atoms with Gasteiger partial charge in [0.15, 0.2) is 0 Å². The minimum atomic E-state index is 0.281. The summed E-state index contributed by atoms with van der Waals surface area (Å²) in [6.45, 7) is 3.02. The summed E-state index contributed by atoms with van der Waals surface area (Å²) in [4.78, 5) is 0. The molecule has 90 valence electrons. The normalized spacial score (nSPS) is 22.5. The van der Waals surface area contributed by atoms with E-state index in [0.717, 1.165) is 31.0 Å². The van der Waals surface area contributed by atoms with Gasteiger partial charge in [-0.1, -0.05) is 6.92 Å². The van der Waals surface area contributed by atoms with Crippen LogP contribution in [0.2, 0.25) is 0 Å². The smallest absolute Gasteiger partial charge is 0.121 e. The Morgan fingerprint density at radius 3 is 2.94 bits per heavy atom. The molecule has 2 rings (SSSR count). The Labute approximate surface area is 97.2 Å². The molecule has 2 unspecified atom stereocenters. The minimum absolute atomic E-state index is 0.281. The van der Waals surface area contributed by atoms with E-state index in [1.165, 1.54) is 12.8 Å². The number of ether oxygens (including phenoxy) is 1. The van der Waals surface area contributed by atoms with Gasteiger partial charge >= 0.3 is 0 Å². The van der Waals surface area contributed by atoms with Crippen LogP contribution in [-0.2, 0) is 11.2 Å². The van der Waals surface area contributed by atoms with Crippen molar-refractivity contribution < 1.29 is 9.15 Å². The topological polar surface area (TPSA) is 34.4 Å². The average Bonchev–Trinajstić information content (AvgIpc) is 2.96. The van der Waals surface area contributed by atoms with Crippen LogP contribution in [0, 0.1) is 0 Å². The summed E-state index contributed by atoms with van der Waals surface area (Å²) in [6, 6.07) is 4.42. The van der Waals surface area contributed by atoms with Crippen LogP contribution in [0.4, 0.5) is 0 Å². The van der Waals surface area contributed by atoms with Crippen LogP contribution in [0.3, 0.4) is 0 Å². The number of hydrogen-bond acceptors (Lipinski definition) is 3. The molecule has 3 heteroatoms. The summed E-state index contributed by atoms with van der Waals surface area (Å²) in [5, 5.41) is 3.31. The number of nitrogens with one attached hydrogen (secondary N) is 1. The fourth-order valence-electron chi connectivity index (χ4n) is 2.24. The Balaban J connectivity index is 1.97. The molecule has 1 N–H and O–H groups in total. The Morgan fingerprint density at radius 1 is 1.50 bits per heavy atom. The molecule has 0 bridgehead atoms. The van der Waals surface area contributed by atoms with Crippen molar-refractivity contribution in [1.29, 1.82) is 0 Å². The van der Waals surface area contributed by atoms with Gasteiger partial charge in [0, 0.05) is 13.0 Å². The Bertz CT molecular complexity index is 315. The molecule has 0 aromatic carbocycles. The monoisotopic (exact) mass is 223 g/mol. The van der Waals surface area contributed by atoms with E-state index >= 15 is 0 Å². The van der Waals surface area contributed by atoms with Crippen LogP contribution < -0.4 is 5.32 Å². The molecule has 1 aliphatic heterocycles. The molecule has 0 amide bonds. The highest BCUT2D eigenvalue weighted by Crippen LogP contribution is 2.26. The lowest BCUT2D eigenvalue weighted by Crippen LogP contribution is -2.21. The van der Waals surface area contributed by atoms with Crippen molar-refractivity contribution in [1.82, 2.24) is 5.32 Å². The summed E-state index contributed by atoms with van der Waals surface area (Å²) < 4.78 is 11.4. The van der Waals surface area contributed by atoms with Gasteiger partial charge in [-0.3, -0.25) is 0 Å². The lowest BCUT2D eigenvalue weighted by Gasteiger charge is -2.17. The Morgan fingerprint density at radius 2 is 2.38 bits per heavy atom. The minimum Gasteiger partial charge on any atom is -0.464 e. The molecule has 3 nitrogen and oxygen atoms in total. The molecule has 1 aliphatic rings. The summed E-state index contributed by atoms with van der Waals surface area (Å²) in [5.74, 6) is 2.09. The van der Waals surface area contributed by atoms with Gasteiger partial charge in [0.2, 0.25) is 0 Å². The summed E-state index contributed by atoms with van der Waals surface area (Å²) >= 11 is 0. The van der Waals surface area contributed by atoms with Crippen molar-refractivity contribution in [3.63, 3.8) is 0 Å². The van der Waals surface area contributed by atoms with Crippen molar-refractivity contribution in [2.75, 3.05) is 13.7 Å². The molecule has 16 heavy (non-hydrogen) atoms. The van der Waals surface area contributed by atoms with Crippen molar-refractivity contribution >= 4 is 0 Å². The molecular weight excluding hydrogens is 202 g/mol. The van der Waals surface area contributed by atoms with Gasteiger partial charge < -0.3 is 14.5 Å². The van der Waals surface area contributed by atoms with E-state index in [1.54, 1.807) is 0 Å². The first-order valence-electron chi connectivity index (χ1n) is 6.21. The summed E-state index contributed by atoms with van der Waals surface area (Å²) in [6.07, 6.45) is 4.73. The second kappa shape index (κ2) is 5.51. The molecule has 0 aliphatic carbocycles. The molecule has 2 atom stereocenters. The lowest BCUT2D eigenvalue weighted by molar-refractivity contribution is 0.0928. The molecular formula is C13H21NO2. The Hall–Kier alpha value is -0.800. The van der Waals surface area contributed by atoms with Crippen LogP contribution in [0.1, 0.15) is 43.7 Å². The Kier molecular flexibility index (Phi) is 4.02. The summed E-state index contributed by atoms with van der Waals surface area (Å²) in [7, 11) is 1.98. The van der Waals surface area contributed by atoms with Crippen LogP contribution in [0.25, 0.3) is 0 Å². The number of hydrogen-bond donors (Lipinski definition) is 1. The first-order chi connectivity index (χ1) is 7.83. The molecule has 1 aromatic rings. The standard InChI is InChI=1S/C13H21NO2/c1-3-10-6-7-13(16-10)12(14-2)9-11-5-4-8-15-11/h6-7,11-12,14H,3-5,8-9H2,1-2H3. The SMILES string of the molecule is CCc1ccc(C(CC2CCCO2)NC)o1. The molecule has 0 saturated carbocycles. The van der Waals surface area contributed by atoms with Gasteiger partial charge in [-0.2, -0.15) is 0 Å². The number of furan rings is 1. The van der Waals surface area contributed by atoms with E-state index in [4.69, 9.17) is 9.15 Å². The molecule has 2 heterocycles. The largest absolute Gasteiger partial charge is 0.464 e. The van der Waals surface area contributed by atoms with Crippen LogP contribution in [0.15, 0.2) is 16.5 Å². The molecule has 0 radical (unpaired) electrons. The van der Waals surface area contributed by atoms with Gasteiger partial charge in [0.1, 0.15) is 11.5 Å². The van der Waals surface area contributed by atoms with Crippen LogP contribution in [-0.4, -0.2) is 19.8 Å².